The van der Waals surface area contributed by atoms with Crippen molar-refractivity contribution in [3.63, 3.8) is 0 Å². The number of hydrogen-bond acceptors (Lipinski definition) is 2. The van der Waals surface area contributed by atoms with E-state index in [1.165, 1.54) is 9.88 Å². The molecule has 1 aromatic heterocycles. The summed E-state index contributed by atoms with van der Waals surface area (Å²) in [6.45, 7) is 8.80. The van der Waals surface area contributed by atoms with Crippen molar-refractivity contribution in [1.82, 2.24) is 4.98 Å². The number of halogens is 1. The number of aromatic nitrogens is 1. The lowest BCUT2D eigenvalue weighted by molar-refractivity contribution is 0.586. The van der Waals surface area contributed by atoms with Gasteiger partial charge in [0.2, 0.25) is 0 Å². The molecule has 18 heavy (non-hydrogen) atoms. The van der Waals surface area contributed by atoms with Crippen LogP contribution in [0.15, 0.2) is 24.3 Å². The third-order valence-electron chi connectivity index (χ3n) is 2.78. The van der Waals surface area contributed by atoms with E-state index in [1.807, 2.05) is 35.6 Å². The Kier molecular flexibility index (Phi) is 3.79. The molecule has 0 N–H and O–H groups in total. The van der Waals surface area contributed by atoms with Crippen LogP contribution in [0, 0.1) is 0 Å². The van der Waals surface area contributed by atoms with E-state index in [0.717, 1.165) is 22.7 Å². The van der Waals surface area contributed by atoms with Gasteiger partial charge in [-0.3, -0.25) is 0 Å². The first-order valence-electron chi connectivity index (χ1n) is 6.18. The van der Waals surface area contributed by atoms with Gasteiger partial charge in [-0.05, 0) is 18.6 Å². The summed E-state index contributed by atoms with van der Waals surface area (Å²) < 4.78 is 0. The first-order chi connectivity index (χ1) is 8.41. The maximum Gasteiger partial charge on any atom is 0.0988 e. The fraction of sp³-hybridized carbons (Fsp3) is 0.400. The lowest BCUT2D eigenvalue weighted by Crippen LogP contribution is -2.10. The number of hydrogen-bond donors (Lipinski definition) is 0. The number of thiazole rings is 1. The van der Waals surface area contributed by atoms with E-state index in [1.54, 1.807) is 0 Å². The topological polar surface area (TPSA) is 12.9 Å². The van der Waals surface area contributed by atoms with E-state index in [4.69, 9.17) is 16.6 Å². The zero-order valence-electron chi connectivity index (χ0n) is 11.2. The third kappa shape index (κ3) is 2.76. The highest BCUT2D eigenvalue weighted by Crippen LogP contribution is 2.34. The molecule has 0 aliphatic carbocycles. The minimum atomic E-state index is 0.110. The second-order valence-electron chi connectivity index (χ2n) is 5.40. The zero-order chi connectivity index (χ0) is 13.3. The maximum atomic E-state index is 5.93. The van der Waals surface area contributed by atoms with Crippen molar-refractivity contribution in [3.8, 4) is 11.3 Å². The van der Waals surface area contributed by atoms with Crippen molar-refractivity contribution in [2.45, 2.75) is 39.5 Å². The van der Waals surface area contributed by atoms with Crippen LogP contribution in [0.3, 0.4) is 0 Å². The minimum Gasteiger partial charge on any atom is -0.240 e. The van der Waals surface area contributed by atoms with Crippen LogP contribution in [0.2, 0.25) is 5.02 Å². The van der Waals surface area contributed by atoms with Crippen LogP contribution in [-0.2, 0) is 11.8 Å². The van der Waals surface area contributed by atoms with Crippen molar-refractivity contribution >= 4 is 22.9 Å². The van der Waals surface area contributed by atoms with E-state index < -0.39 is 0 Å². The molecule has 0 bridgehead atoms. The molecular weight excluding hydrogens is 262 g/mol. The normalized spacial score (nSPS) is 11.8. The monoisotopic (exact) mass is 279 g/mol. The highest BCUT2D eigenvalue weighted by molar-refractivity contribution is 7.12. The second kappa shape index (κ2) is 5.02. The molecule has 0 fully saturated rings. The Morgan fingerprint density at radius 3 is 2.28 bits per heavy atom. The van der Waals surface area contributed by atoms with E-state index in [-0.39, 0.29) is 5.41 Å². The van der Waals surface area contributed by atoms with Gasteiger partial charge < -0.3 is 0 Å². The summed E-state index contributed by atoms with van der Waals surface area (Å²) in [6, 6.07) is 7.94. The van der Waals surface area contributed by atoms with Gasteiger partial charge in [-0.2, -0.15) is 0 Å². The Morgan fingerprint density at radius 1 is 1.17 bits per heavy atom. The molecule has 3 heteroatoms. The van der Waals surface area contributed by atoms with Crippen molar-refractivity contribution in [2.75, 3.05) is 0 Å². The van der Waals surface area contributed by atoms with Crippen molar-refractivity contribution < 1.29 is 0 Å². The van der Waals surface area contributed by atoms with Crippen LogP contribution in [-0.4, -0.2) is 4.98 Å². The van der Waals surface area contributed by atoms with E-state index >= 15 is 0 Å². The molecule has 0 aliphatic rings. The largest absolute Gasteiger partial charge is 0.240 e. The predicted octanol–water partition coefficient (Wildman–Crippen LogP) is 5.32. The molecule has 2 aromatic rings. The van der Waals surface area contributed by atoms with Crippen LogP contribution in [0.1, 0.15) is 37.6 Å². The summed E-state index contributed by atoms with van der Waals surface area (Å²) in [5.74, 6) is 0. The number of nitrogens with zero attached hydrogens (tertiary/aromatic N) is 1. The lowest BCUT2D eigenvalue weighted by atomic mass is 9.98. The molecule has 0 amide bonds. The van der Waals surface area contributed by atoms with Gasteiger partial charge in [-0.1, -0.05) is 51.4 Å². The molecular formula is C15H18ClNS. The molecule has 0 spiro atoms. The van der Waals surface area contributed by atoms with Gasteiger partial charge in [0.25, 0.3) is 0 Å². The third-order valence-corrected chi connectivity index (χ3v) is 4.66. The molecule has 0 atom stereocenters. The molecule has 96 valence electrons. The molecule has 0 radical (unpaired) electrons. The molecule has 0 unspecified atom stereocenters. The smallest absolute Gasteiger partial charge is 0.0988 e. The Labute approximate surface area is 118 Å². The zero-order valence-corrected chi connectivity index (χ0v) is 12.8. The van der Waals surface area contributed by atoms with Gasteiger partial charge in [-0.15, -0.1) is 11.3 Å². The SMILES string of the molecule is CCc1sc(C(C)(C)C)nc1-c1ccc(Cl)cc1. The van der Waals surface area contributed by atoms with E-state index in [9.17, 15) is 0 Å². The summed E-state index contributed by atoms with van der Waals surface area (Å²) in [4.78, 5) is 6.18. The van der Waals surface area contributed by atoms with E-state index in [2.05, 4.69) is 27.7 Å². The highest BCUT2D eigenvalue weighted by Gasteiger charge is 2.21. The van der Waals surface area contributed by atoms with Gasteiger partial charge in [0.15, 0.2) is 0 Å². The highest BCUT2D eigenvalue weighted by atomic mass is 35.5. The van der Waals surface area contributed by atoms with E-state index in [0.29, 0.717) is 0 Å². The Hall–Kier alpha value is -0.860. The van der Waals surface area contributed by atoms with Crippen LogP contribution < -0.4 is 0 Å². The summed E-state index contributed by atoms with van der Waals surface area (Å²) in [7, 11) is 0. The van der Waals surface area contributed by atoms with Crippen LogP contribution in [0.25, 0.3) is 11.3 Å². The Bertz CT molecular complexity index is 535. The lowest BCUT2D eigenvalue weighted by Gasteiger charge is -2.13. The van der Waals surface area contributed by atoms with Gasteiger partial charge in [0.1, 0.15) is 0 Å². The summed E-state index contributed by atoms with van der Waals surface area (Å²) >= 11 is 7.75. The first-order valence-corrected chi connectivity index (χ1v) is 7.37. The van der Waals surface area contributed by atoms with Gasteiger partial charge in [-0.25, -0.2) is 4.98 Å². The predicted molar refractivity (Wildman–Crippen MR) is 80.6 cm³/mol. The fourth-order valence-electron chi connectivity index (χ4n) is 1.75. The average Bonchev–Trinajstić information content (AvgIpc) is 2.73. The first kappa shape index (κ1) is 13.6. The number of rotatable bonds is 2. The molecule has 1 heterocycles. The Balaban J connectivity index is 2.50. The Morgan fingerprint density at radius 2 is 1.78 bits per heavy atom. The van der Waals surface area contributed by atoms with Crippen LogP contribution >= 0.6 is 22.9 Å². The van der Waals surface area contributed by atoms with Crippen molar-refractivity contribution in [3.05, 3.63) is 39.2 Å². The standard InChI is InChI=1S/C15H18ClNS/c1-5-12-13(10-6-8-11(16)9-7-10)17-14(18-12)15(2,3)4/h6-9H,5H2,1-4H3. The van der Waals surface area contributed by atoms with Crippen LogP contribution in [0.5, 0.6) is 0 Å². The quantitative estimate of drug-likeness (QED) is 0.725. The molecule has 1 nitrogen and oxygen atoms in total. The van der Waals surface area contributed by atoms with Crippen molar-refractivity contribution in [1.29, 1.82) is 0 Å². The number of benzene rings is 1. The second-order valence-corrected chi connectivity index (χ2v) is 6.92. The van der Waals surface area contributed by atoms with Crippen molar-refractivity contribution in [2.24, 2.45) is 0 Å². The van der Waals surface area contributed by atoms with Gasteiger partial charge in [0, 0.05) is 20.9 Å². The molecule has 2 rings (SSSR count). The molecule has 0 saturated carbocycles. The van der Waals surface area contributed by atoms with Gasteiger partial charge >= 0.3 is 0 Å². The maximum absolute atomic E-state index is 5.93. The molecule has 0 saturated heterocycles. The fourth-order valence-corrected chi connectivity index (χ4v) is 2.95. The molecule has 0 aliphatic heterocycles. The summed E-state index contributed by atoms with van der Waals surface area (Å²) in [5, 5.41) is 1.97. The minimum absolute atomic E-state index is 0.110. The molecule has 1 aromatic carbocycles. The average molecular weight is 280 g/mol. The number of aryl methyl sites for hydroxylation is 1. The summed E-state index contributed by atoms with van der Waals surface area (Å²) in [5.41, 5.74) is 2.38. The summed E-state index contributed by atoms with van der Waals surface area (Å²) in [6.07, 6.45) is 1.02. The van der Waals surface area contributed by atoms with Crippen LogP contribution in [0.4, 0.5) is 0 Å². The van der Waals surface area contributed by atoms with Gasteiger partial charge in [0.05, 0.1) is 10.7 Å².